The van der Waals surface area contributed by atoms with Crippen LogP contribution in [0.15, 0.2) is 48.5 Å². The van der Waals surface area contributed by atoms with Gasteiger partial charge in [-0.25, -0.2) is 9.37 Å². The molecule has 0 spiro atoms. The molecule has 30 heavy (non-hydrogen) atoms. The van der Waals surface area contributed by atoms with Crippen molar-refractivity contribution in [1.82, 2.24) is 4.98 Å². The maximum atomic E-state index is 13.4. The van der Waals surface area contributed by atoms with E-state index in [4.69, 9.17) is 0 Å². The minimum absolute atomic E-state index is 0.0768. The lowest BCUT2D eigenvalue weighted by atomic mass is 10.0. The van der Waals surface area contributed by atoms with Crippen molar-refractivity contribution in [1.29, 1.82) is 0 Å². The molecule has 1 aliphatic carbocycles. The first kappa shape index (κ1) is 18.9. The van der Waals surface area contributed by atoms with E-state index in [1.165, 1.54) is 41.2 Å². The number of halogens is 1. The molecule has 2 aromatic carbocycles. The summed E-state index contributed by atoms with van der Waals surface area (Å²) in [6.45, 7) is 2.07. The van der Waals surface area contributed by atoms with Gasteiger partial charge in [-0.05, 0) is 62.1 Å². The molecule has 2 atom stereocenters. The van der Waals surface area contributed by atoms with Crippen molar-refractivity contribution in [2.24, 2.45) is 0 Å². The number of benzene rings is 2. The first-order valence-corrected chi connectivity index (χ1v) is 10.8. The van der Waals surface area contributed by atoms with Crippen molar-refractivity contribution < 1.29 is 14.0 Å². The lowest BCUT2D eigenvalue weighted by Crippen LogP contribution is -2.38. The molecule has 7 heteroatoms. The Kier molecular flexibility index (Phi) is 4.62. The predicted octanol–water partition coefficient (Wildman–Crippen LogP) is 4.54. The fourth-order valence-corrected chi connectivity index (χ4v) is 5.39. The standard InChI is InChI=1S/C23H20FN3O2S/c1-13-12-15-4-2-3-5-18(15)27(13)22(29)17-10-11-19-20(17)25-23(30-19)26-21(28)14-6-8-16(24)9-7-14/h2-9,13,17H,10-12H2,1H3,(H,25,26,28). The van der Waals surface area contributed by atoms with Crippen LogP contribution in [0.4, 0.5) is 15.2 Å². The van der Waals surface area contributed by atoms with Crippen LogP contribution in [-0.4, -0.2) is 22.8 Å². The Labute approximate surface area is 177 Å². The third-order valence-electron chi connectivity index (χ3n) is 5.79. The van der Waals surface area contributed by atoms with Gasteiger partial charge in [-0.15, -0.1) is 11.3 Å². The molecule has 2 unspecified atom stereocenters. The third-order valence-corrected chi connectivity index (χ3v) is 6.83. The van der Waals surface area contributed by atoms with Gasteiger partial charge in [-0.1, -0.05) is 18.2 Å². The van der Waals surface area contributed by atoms with Crippen LogP contribution < -0.4 is 10.2 Å². The number of nitrogens with zero attached hydrogens (tertiary/aromatic N) is 2. The molecule has 1 aromatic heterocycles. The highest BCUT2D eigenvalue weighted by molar-refractivity contribution is 7.16. The number of rotatable bonds is 3. The van der Waals surface area contributed by atoms with Gasteiger partial charge in [0.2, 0.25) is 5.91 Å². The fraction of sp³-hybridized carbons (Fsp3) is 0.261. The molecule has 2 amide bonds. The van der Waals surface area contributed by atoms with Gasteiger partial charge >= 0.3 is 0 Å². The molecule has 1 N–H and O–H groups in total. The minimum Gasteiger partial charge on any atom is -0.308 e. The van der Waals surface area contributed by atoms with E-state index >= 15 is 0 Å². The maximum absolute atomic E-state index is 13.4. The average molecular weight is 421 g/mol. The molecule has 5 rings (SSSR count). The third kappa shape index (κ3) is 3.19. The summed E-state index contributed by atoms with van der Waals surface area (Å²) in [5, 5.41) is 3.26. The smallest absolute Gasteiger partial charge is 0.257 e. The summed E-state index contributed by atoms with van der Waals surface area (Å²) >= 11 is 1.41. The number of carbonyl (C=O) groups is 2. The molecule has 152 valence electrons. The molecular formula is C23H20FN3O2S. The maximum Gasteiger partial charge on any atom is 0.257 e. The van der Waals surface area contributed by atoms with Gasteiger partial charge in [0.25, 0.3) is 5.91 Å². The number of aromatic nitrogens is 1. The van der Waals surface area contributed by atoms with Crippen molar-refractivity contribution in [3.63, 3.8) is 0 Å². The second-order valence-electron chi connectivity index (χ2n) is 7.77. The molecule has 0 radical (unpaired) electrons. The zero-order chi connectivity index (χ0) is 20.8. The van der Waals surface area contributed by atoms with Crippen LogP contribution in [-0.2, 0) is 17.6 Å². The van der Waals surface area contributed by atoms with Crippen LogP contribution in [0.25, 0.3) is 0 Å². The Morgan fingerprint density at radius 3 is 2.73 bits per heavy atom. The SMILES string of the molecule is CC1Cc2ccccc2N1C(=O)C1CCc2sc(NC(=O)c3ccc(F)cc3)nc21. The van der Waals surface area contributed by atoms with E-state index in [9.17, 15) is 14.0 Å². The Balaban J connectivity index is 1.36. The number of nitrogens with one attached hydrogen (secondary N) is 1. The number of thiazole rings is 1. The zero-order valence-electron chi connectivity index (χ0n) is 16.4. The normalized spacial score (nSPS) is 19.5. The van der Waals surface area contributed by atoms with Crippen LogP contribution >= 0.6 is 11.3 Å². The van der Waals surface area contributed by atoms with Gasteiger partial charge in [-0.3, -0.25) is 14.9 Å². The minimum atomic E-state index is -0.390. The van der Waals surface area contributed by atoms with Gasteiger partial charge in [0.15, 0.2) is 5.13 Å². The summed E-state index contributed by atoms with van der Waals surface area (Å²) in [6.07, 6.45) is 2.38. The van der Waals surface area contributed by atoms with Crippen LogP contribution in [0.2, 0.25) is 0 Å². The summed E-state index contributed by atoms with van der Waals surface area (Å²) in [5.74, 6) is -0.944. The molecule has 1 aliphatic heterocycles. The monoisotopic (exact) mass is 421 g/mol. The van der Waals surface area contributed by atoms with Crippen LogP contribution in [0.5, 0.6) is 0 Å². The highest BCUT2D eigenvalue weighted by atomic mass is 32.1. The van der Waals surface area contributed by atoms with Gasteiger partial charge < -0.3 is 4.90 Å². The molecule has 5 nitrogen and oxygen atoms in total. The van der Waals surface area contributed by atoms with Crippen molar-refractivity contribution >= 4 is 34.0 Å². The number of aryl methyl sites for hydroxylation is 1. The summed E-state index contributed by atoms with van der Waals surface area (Å²) in [4.78, 5) is 33.4. The van der Waals surface area contributed by atoms with Gasteiger partial charge in [0.05, 0.1) is 11.6 Å². The Hall–Kier alpha value is -3.06. The Morgan fingerprint density at radius 1 is 1.17 bits per heavy atom. The predicted molar refractivity (Wildman–Crippen MR) is 115 cm³/mol. The molecule has 0 fully saturated rings. The number of anilines is 2. The molecule has 3 aromatic rings. The van der Waals surface area contributed by atoms with Crippen LogP contribution in [0, 0.1) is 5.82 Å². The van der Waals surface area contributed by atoms with E-state index in [-0.39, 0.29) is 29.6 Å². The largest absolute Gasteiger partial charge is 0.308 e. The summed E-state index contributed by atoms with van der Waals surface area (Å²) in [6, 6.07) is 13.5. The quantitative estimate of drug-likeness (QED) is 0.675. The summed E-state index contributed by atoms with van der Waals surface area (Å²) in [7, 11) is 0. The van der Waals surface area contributed by atoms with Crippen LogP contribution in [0.1, 0.15) is 45.8 Å². The van der Waals surface area contributed by atoms with E-state index in [0.29, 0.717) is 10.7 Å². The van der Waals surface area contributed by atoms with Gasteiger partial charge in [0.1, 0.15) is 5.82 Å². The zero-order valence-corrected chi connectivity index (χ0v) is 17.2. The molecule has 2 heterocycles. The van der Waals surface area contributed by atoms with Crippen LogP contribution in [0.3, 0.4) is 0 Å². The number of amides is 2. The van der Waals surface area contributed by atoms with Crippen molar-refractivity contribution in [2.75, 3.05) is 10.2 Å². The first-order valence-electron chi connectivity index (χ1n) is 9.99. The number of fused-ring (bicyclic) bond motifs is 2. The summed E-state index contributed by atoms with van der Waals surface area (Å²) in [5.41, 5.74) is 3.32. The first-order chi connectivity index (χ1) is 14.5. The number of carbonyl (C=O) groups excluding carboxylic acids is 2. The van der Waals surface area contributed by atoms with Crippen molar-refractivity contribution in [2.45, 2.75) is 38.1 Å². The van der Waals surface area contributed by atoms with Gasteiger partial charge in [-0.2, -0.15) is 0 Å². The van der Waals surface area contributed by atoms with Crippen molar-refractivity contribution in [3.05, 3.63) is 76.0 Å². The van der Waals surface area contributed by atoms with E-state index in [0.717, 1.165) is 35.5 Å². The topological polar surface area (TPSA) is 62.3 Å². The van der Waals surface area contributed by atoms with E-state index in [1.54, 1.807) is 0 Å². The van der Waals surface area contributed by atoms with Crippen molar-refractivity contribution in [3.8, 4) is 0 Å². The highest BCUT2D eigenvalue weighted by Gasteiger charge is 2.39. The second-order valence-corrected chi connectivity index (χ2v) is 8.85. The Morgan fingerprint density at radius 2 is 1.93 bits per heavy atom. The average Bonchev–Trinajstić information content (AvgIpc) is 3.39. The van der Waals surface area contributed by atoms with E-state index in [1.807, 2.05) is 23.1 Å². The number of hydrogen-bond acceptors (Lipinski definition) is 4. The lowest BCUT2D eigenvalue weighted by Gasteiger charge is -2.25. The number of hydrogen-bond donors (Lipinski definition) is 1. The van der Waals surface area contributed by atoms with Gasteiger partial charge in [0, 0.05) is 22.2 Å². The molecular weight excluding hydrogens is 401 g/mol. The fourth-order valence-electron chi connectivity index (χ4n) is 4.36. The highest BCUT2D eigenvalue weighted by Crippen LogP contribution is 2.42. The second kappa shape index (κ2) is 7.32. The van der Waals surface area contributed by atoms with E-state index in [2.05, 4.69) is 23.3 Å². The molecule has 0 saturated carbocycles. The van der Waals surface area contributed by atoms with E-state index < -0.39 is 0 Å². The summed E-state index contributed by atoms with van der Waals surface area (Å²) < 4.78 is 13.1. The molecule has 0 saturated heterocycles. The lowest BCUT2D eigenvalue weighted by molar-refractivity contribution is -0.120. The molecule has 0 bridgehead atoms. The number of para-hydroxylation sites is 1. The molecule has 2 aliphatic rings. The Bertz CT molecular complexity index is 1140.